The van der Waals surface area contributed by atoms with E-state index in [4.69, 9.17) is 14.6 Å². The van der Waals surface area contributed by atoms with Crippen molar-refractivity contribution in [1.82, 2.24) is 0 Å². The van der Waals surface area contributed by atoms with Crippen molar-refractivity contribution >= 4 is 50.8 Å². The summed E-state index contributed by atoms with van der Waals surface area (Å²) in [7, 11) is 0. The van der Waals surface area contributed by atoms with Gasteiger partial charge >= 0.3 is 0 Å². The van der Waals surface area contributed by atoms with E-state index in [2.05, 4.69) is 48.5 Å². The molecule has 0 fully saturated rings. The van der Waals surface area contributed by atoms with Crippen molar-refractivity contribution in [2.75, 3.05) is 0 Å². The fourth-order valence-electron chi connectivity index (χ4n) is 4.64. The van der Waals surface area contributed by atoms with Crippen LogP contribution in [-0.2, 0) is 0 Å². The molecule has 0 saturated heterocycles. The van der Waals surface area contributed by atoms with Crippen LogP contribution in [0.3, 0.4) is 0 Å². The van der Waals surface area contributed by atoms with E-state index in [1.54, 1.807) is 0 Å². The van der Waals surface area contributed by atoms with Gasteiger partial charge < -0.3 is 14.6 Å². The zero-order chi connectivity index (χ0) is 24.5. The molecule has 4 aromatic carbocycles. The minimum Gasteiger partial charge on any atom is -0.456 e. The number of fused-ring (bicyclic) bond motifs is 4. The molecule has 0 saturated carbocycles. The van der Waals surface area contributed by atoms with E-state index in [0.717, 1.165) is 55.4 Å². The molecule has 174 valence electrons. The third-order valence-electron chi connectivity index (χ3n) is 6.42. The van der Waals surface area contributed by atoms with Crippen LogP contribution in [0.2, 0.25) is 0 Å². The Labute approximate surface area is 209 Å². The Hall–Kier alpha value is -4.76. The molecule has 0 aliphatic rings. The minimum absolute atomic E-state index is 0.703. The van der Waals surface area contributed by atoms with Crippen molar-refractivity contribution in [1.29, 1.82) is 0 Å². The minimum atomic E-state index is 0.703. The average Bonchev–Trinajstić information content (AvgIpc) is 3.45. The summed E-state index contributed by atoms with van der Waals surface area (Å²) < 4.78 is 12.5. The van der Waals surface area contributed by atoms with E-state index < -0.39 is 0 Å². The maximum absolute atomic E-state index is 6.27. The maximum atomic E-state index is 6.27. The molecule has 3 nitrogen and oxygen atoms in total. The molecule has 0 amide bonds. The third-order valence-corrected chi connectivity index (χ3v) is 6.42. The predicted molar refractivity (Wildman–Crippen MR) is 151 cm³/mol. The van der Waals surface area contributed by atoms with Gasteiger partial charge in [-0.1, -0.05) is 85.0 Å². The fourth-order valence-corrected chi connectivity index (χ4v) is 4.64. The van der Waals surface area contributed by atoms with Crippen LogP contribution in [0.5, 0.6) is 0 Å². The molecule has 2 aromatic heterocycles. The van der Waals surface area contributed by atoms with Crippen molar-refractivity contribution in [3.63, 3.8) is 0 Å². The Morgan fingerprint density at radius 3 is 2.17 bits per heavy atom. The summed E-state index contributed by atoms with van der Waals surface area (Å²) in [6, 6.07) is 30.8. The number of hydrogen-bond donors (Lipinski definition) is 1. The first-order chi connectivity index (χ1) is 17.7. The first-order valence-corrected chi connectivity index (χ1v) is 12.0. The molecule has 36 heavy (non-hydrogen) atoms. The maximum Gasteiger partial charge on any atom is 0.139 e. The lowest BCUT2D eigenvalue weighted by Crippen LogP contribution is -1.94. The second kappa shape index (κ2) is 9.12. The van der Waals surface area contributed by atoms with Gasteiger partial charge in [0.05, 0.1) is 0 Å². The van der Waals surface area contributed by atoms with Gasteiger partial charge in [0.1, 0.15) is 22.5 Å². The normalized spacial score (nSPS) is 12.6. The van der Waals surface area contributed by atoms with Gasteiger partial charge in [0.2, 0.25) is 0 Å². The molecule has 0 radical (unpaired) electrons. The zero-order valence-electron chi connectivity index (χ0n) is 19.9. The lowest BCUT2D eigenvalue weighted by Gasteiger charge is -2.01. The standard InChI is InChI=1S/C33H25NO2/c1-2-10-25-27-20-28-26-19-24(22-11-5-3-6-12-22)17-18-31(26)36-33(28)21-32(27)35-30(25)16-9-15-29(34)23-13-7-4-8-14-23/h2-21H,34H2,1H3/b10-2+,16-9-,29-15-. The average molecular weight is 468 g/mol. The van der Waals surface area contributed by atoms with Gasteiger partial charge in [-0.2, -0.15) is 0 Å². The topological polar surface area (TPSA) is 52.3 Å². The highest BCUT2D eigenvalue weighted by molar-refractivity contribution is 6.11. The summed E-state index contributed by atoms with van der Waals surface area (Å²) in [5.74, 6) is 0.780. The van der Waals surface area contributed by atoms with E-state index >= 15 is 0 Å². The Morgan fingerprint density at radius 2 is 1.39 bits per heavy atom. The van der Waals surface area contributed by atoms with E-state index in [1.807, 2.05) is 79.8 Å². The molecule has 0 spiro atoms. The molecule has 0 unspecified atom stereocenters. The molecule has 6 rings (SSSR count). The van der Waals surface area contributed by atoms with E-state index in [1.165, 1.54) is 5.56 Å². The summed E-state index contributed by atoms with van der Waals surface area (Å²) in [4.78, 5) is 0. The highest BCUT2D eigenvalue weighted by Gasteiger charge is 2.15. The Balaban J connectivity index is 1.46. The molecule has 3 heteroatoms. The summed E-state index contributed by atoms with van der Waals surface area (Å²) in [5, 5.41) is 3.22. The van der Waals surface area contributed by atoms with Crippen LogP contribution >= 0.6 is 0 Å². The second-order valence-electron chi connectivity index (χ2n) is 8.75. The highest BCUT2D eigenvalue weighted by Crippen LogP contribution is 2.38. The first-order valence-electron chi connectivity index (χ1n) is 12.0. The third kappa shape index (κ3) is 3.91. The Bertz CT molecular complexity index is 1780. The van der Waals surface area contributed by atoms with Gasteiger partial charge in [-0.3, -0.25) is 0 Å². The zero-order valence-corrected chi connectivity index (χ0v) is 19.9. The van der Waals surface area contributed by atoms with Crippen LogP contribution in [0.25, 0.3) is 61.9 Å². The molecule has 2 N–H and O–H groups in total. The van der Waals surface area contributed by atoms with Crippen LogP contribution in [0.4, 0.5) is 0 Å². The monoisotopic (exact) mass is 467 g/mol. The van der Waals surface area contributed by atoms with Gasteiger partial charge in [-0.25, -0.2) is 0 Å². The van der Waals surface area contributed by atoms with Gasteiger partial charge in [0.25, 0.3) is 0 Å². The van der Waals surface area contributed by atoms with Crippen molar-refractivity contribution in [3.8, 4) is 11.1 Å². The van der Waals surface area contributed by atoms with Crippen molar-refractivity contribution in [3.05, 3.63) is 126 Å². The second-order valence-corrected chi connectivity index (χ2v) is 8.75. The number of hydrogen-bond acceptors (Lipinski definition) is 3. The van der Waals surface area contributed by atoms with Crippen LogP contribution in [0.1, 0.15) is 23.8 Å². The quantitative estimate of drug-likeness (QED) is 0.257. The summed E-state index contributed by atoms with van der Waals surface area (Å²) in [5.41, 5.74) is 13.8. The number of rotatable bonds is 5. The van der Waals surface area contributed by atoms with Gasteiger partial charge in [0, 0.05) is 33.5 Å². The molecule has 0 aliphatic carbocycles. The summed E-state index contributed by atoms with van der Waals surface area (Å²) in [6.07, 6.45) is 9.89. The van der Waals surface area contributed by atoms with Crippen LogP contribution in [-0.4, -0.2) is 0 Å². The number of furan rings is 2. The fraction of sp³-hybridized carbons (Fsp3) is 0.0303. The molecule has 2 heterocycles. The molecular formula is C33H25NO2. The van der Waals surface area contributed by atoms with Gasteiger partial charge in [-0.05, 0) is 54.0 Å². The van der Waals surface area contributed by atoms with E-state index in [9.17, 15) is 0 Å². The highest BCUT2D eigenvalue weighted by atomic mass is 16.3. The smallest absolute Gasteiger partial charge is 0.139 e. The van der Waals surface area contributed by atoms with Crippen LogP contribution in [0.15, 0.2) is 118 Å². The van der Waals surface area contributed by atoms with Gasteiger partial charge in [0.15, 0.2) is 0 Å². The Morgan fingerprint density at radius 1 is 0.667 bits per heavy atom. The number of nitrogens with two attached hydrogens (primary N) is 1. The predicted octanol–water partition coefficient (Wildman–Crippen LogP) is 9.05. The van der Waals surface area contributed by atoms with Crippen molar-refractivity contribution in [2.45, 2.75) is 6.92 Å². The molecule has 0 aliphatic heterocycles. The largest absolute Gasteiger partial charge is 0.456 e. The Kier molecular flexibility index (Phi) is 5.51. The molecule has 6 aromatic rings. The van der Waals surface area contributed by atoms with E-state index in [0.29, 0.717) is 5.70 Å². The SMILES string of the molecule is C/C=C/c1c(/C=C\C=C(/N)c2ccccc2)oc2cc3oc4ccc(-c5ccccc5)cc4c3cc12. The molecule has 0 bridgehead atoms. The summed E-state index contributed by atoms with van der Waals surface area (Å²) >= 11 is 0. The van der Waals surface area contributed by atoms with Crippen LogP contribution in [0, 0.1) is 0 Å². The van der Waals surface area contributed by atoms with Gasteiger partial charge in [-0.15, -0.1) is 0 Å². The molecular weight excluding hydrogens is 442 g/mol. The van der Waals surface area contributed by atoms with E-state index in [-0.39, 0.29) is 0 Å². The lowest BCUT2D eigenvalue weighted by molar-refractivity contribution is 0.601. The van der Waals surface area contributed by atoms with Crippen molar-refractivity contribution in [2.24, 2.45) is 5.73 Å². The lowest BCUT2D eigenvalue weighted by atomic mass is 10.0. The van der Waals surface area contributed by atoms with Crippen molar-refractivity contribution < 1.29 is 8.83 Å². The van der Waals surface area contributed by atoms with Crippen LogP contribution < -0.4 is 5.73 Å². The number of allylic oxidation sites excluding steroid dienone is 3. The molecule has 0 atom stereocenters. The first kappa shape index (κ1) is 21.8. The number of benzene rings is 4. The summed E-state index contributed by atoms with van der Waals surface area (Å²) in [6.45, 7) is 2.01.